The molecule has 28 heavy (non-hydrogen) atoms. The van der Waals surface area contributed by atoms with E-state index in [0.29, 0.717) is 18.8 Å². The average Bonchev–Trinajstić information content (AvgIpc) is 3.18. The molecular weight excluding hydrogens is 352 g/mol. The molecule has 2 heterocycles. The summed E-state index contributed by atoms with van der Waals surface area (Å²) in [4.78, 5) is 26.2. The van der Waals surface area contributed by atoms with E-state index < -0.39 is 0 Å². The zero-order valence-electron chi connectivity index (χ0n) is 15.5. The van der Waals surface area contributed by atoms with Gasteiger partial charge in [-0.15, -0.1) is 0 Å². The fraction of sp³-hybridized carbons (Fsp3) is 0.130. The normalized spacial score (nSPS) is 10.9. The molecule has 2 aromatic carbocycles. The molecule has 140 valence electrons. The number of fused-ring (bicyclic) bond motifs is 1. The Bertz CT molecular complexity index is 1180. The summed E-state index contributed by atoms with van der Waals surface area (Å²) in [6.07, 6.45) is 1.69. The number of hydrogen-bond donors (Lipinski definition) is 0. The number of amides is 1. The van der Waals surface area contributed by atoms with E-state index in [-0.39, 0.29) is 17.2 Å². The fourth-order valence-corrected chi connectivity index (χ4v) is 3.28. The molecule has 0 aliphatic heterocycles. The summed E-state index contributed by atoms with van der Waals surface area (Å²) in [7, 11) is 1.76. The van der Waals surface area contributed by atoms with Crippen molar-refractivity contribution in [2.45, 2.75) is 13.1 Å². The highest BCUT2D eigenvalue weighted by molar-refractivity contribution is 5.92. The molecule has 0 bridgehead atoms. The third-order valence-corrected chi connectivity index (χ3v) is 4.73. The third-order valence-electron chi connectivity index (χ3n) is 4.73. The number of pyridine rings is 1. The van der Waals surface area contributed by atoms with Crippen LogP contribution in [0.2, 0.25) is 0 Å². The predicted octanol–water partition coefficient (Wildman–Crippen LogP) is 3.92. The molecule has 5 heteroatoms. The number of furan rings is 1. The summed E-state index contributed by atoms with van der Waals surface area (Å²) in [6.45, 7) is 0.772. The van der Waals surface area contributed by atoms with E-state index in [9.17, 15) is 9.59 Å². The lowest BCUT2D eigenvalue weighted by Crippen LogP contribution is -2.26. The summed E-state index contributed by atoms with van der Waals surface area (Å²) >= 11 is 0. The van der Waals surface area contributed by atoms with Gasteiger partial charge in [0.2, 0.25) is 0 Å². The van der Waals surface area contributed by atoms with Gasteiger partial charge in [0, 0.05) is 25.9 Å². The molecule has 2 aromatic heterocycles. The van der Waals surface area contributed by atoms with Crippen LogP contribution in [-0.4, -0.2) is 22.4 Å². The van der Waals surface area contributed by atoms with E-state index in [4.69, 9.17) is 4.42 Å². The molecule has 4 aromatic rings. The minimum atomic E-state index is -0.195. The Labute approximate surface area is 162 Å². The molecule has 0 fully saturated rings. The summed E-state index contributed by atoms with van der Waals surface area (Å²) < 4.78 is 7.23. The van der Waals surface area contributed by atoms with E-state index in [0.717, 1.165) is 16.3 Å². The van der Waals surface area contributed by atoms with Gasteiger partial charge in [0.1, 0.15) is 5.76 Å². The van der Waals surface area contributed by atoms with Crippen LogP contribution in [0.3, 0.4) is 0 Å². The van der Waals surface area contributed by atoms with Crippen molar-refractivity contribution in [1.29, 1.82) is 0 Å². The minimum Gasteiger partial charge on any atom is -0.454 e. The molecule has 0 aliphatic carbocycles. The molecule has 4 rings (SSSR count). The number of rotatable bonds is 5. The Morgan fingerprint density at radius 1 is 0.964 bits per heavy atom. The number of nitrogens with zero attached hydrogens (tertiary/aromatic N) is 2. The van der Waals surface area contributed by atoms with Gasteiger partial charge in [0.25, 0.3) is 11.5 Å². The Morgan fingerprint density at radius 2 is 1.75 bits per heavy atom. The van der Waals surface area contributed by atoms with Crippen LogP contribution in [0.5, 0.6) is 0 Å². The van der Waals surface area contributed by atoms with Crippen molar-refractivity contribution in [2.24, 2.45) is 0 Å². The van der Waals surface area contributed by atoms with Crippen molar-refractivity contribution in [3.63, 3.8) is 0 Å². The van der Waals surface area contributed by atoms with E-state index >= 15 is 0 Å². The third kappa shape index (κ3) is 3.60. The zero-order chi connectivity index (χ0) is 19.5. The Balaban J connectivity index is 1.51. The number of carbonyl (C=O) groups is 1. The van der Waals surface area contributed by atoms with Crippen molar-refractivity contribution < 1.29 is 9.21 Å². The highest BCUT2D eigenvalue weighted by Gasteiger charge is 2.17. The second-order valence-electron chi connectivity index (χ2n) is 6.73. The predicted molar refractivity (Wildman–Crippen MR) is 108 cm³/mol. The quantitative estimate of drug-likeness (QED) is 0.534. The van der Waals surface area contributed by atoms with E-state index in [1.165, 1.54) is 10.6 Å². The second kappa shape index (κ2) is 7.56. The summed E-state index contributed by atoms with van der Waals surface area (Å²) in [6, 6.07) is 22.6. The van der Waals surface area contributed by atoms with Gasteiger partial charge in [0.05, 0.1) is 6.54 Å². The van der Waals surface area contributed by atoms with Crippen LogP contribution in [0.15, 0.2) is 88.2 Å². The van der Waals surface area contributed by atoms with Crippen LogP contribution in [0, 0.1) is 0 Å². The molecule has 0 unspecified atom stereocenters. The molecule has 0 N–H and O–H groups in total. The molecule has 0 spiro atoms. The maximum atomic E-state index is 12.8. The number of aromatic nitrogens is 1. The molecule has 1 amide bonds. The Kier molecular flexibility index (Phi) is 4.81. The van der Waals surface area contributed by atoms with Gasteiger partial charge < -0.3 is 13.9 Å². The standard InChI is InChI=1S/C23H20N2O3/c1-24(15-18-9-6-8-17-7-2-3-10-20(17)18)23(27)21-13-12-19(28-21)16-25-14-5-4-11-22(25)26/h2-14H,15-16H2,1H3. The molecule has 0 atom stereocenters. The smallest absolute Gasteiger partial charge is 0.289 e. The first-order valence-corrected chi connectivity index (χ1v) is 9.08. The lowest BCUT2D eigenvalue weighted by atomic mass is 10.0. The topological polar surface area (TPSA) is 55.5 Å². The first kappa shape index (κ1) is 17.8. The molecular formula is C23H20N2O3. The van der Waals surface area contributed by atoms with Crippen molar-refractivity contribution in [2.75, 3.05) is 7.05 Å². The summed E-state index contributed by atoms with van der Waals surface area (Å²) in [5, 5.41) is 2.28. The van der Waals surface area contributed by atoms with Crippen molar-refractivity contribution in [3.8, 4) is 0 Å². The maximum Gasteiger partial charge on any atom is 0.289 e. The largest absolute Gasteiger partial charge is 0.454 e. The van der Waals surface area contributed by atoms with Gasteiger partial charge in [-0.2, -0.15) is 0 Å². The van der Waals surface area contributed by atoms with Gasteiger partial charge in [-0.25, -0.2) is 0 Å². The van der Waals surface area contributed by atoms with Crippen LogP contribution in [0.25, 0.3) is 10.8 Å². The number of hydrogen-bond acceptors (Lipinski definition) is 3. The van der Waals surface area contributed by atoms with Crippen LogP contribution >= 0.6 is 0 Å². The van der Waals surface area contributed by atoms with Gasteiger partial charge in [0.15, 0.2) is 5.76 Å². The summed E-state index contributed by atoms with van der Waals surface area (Å²) in [5.41, 5.74) is 0.969. The van der Waals surface area contributed by atoms with Crippen molar-refractivity contribution in [3.05, 3.63) is 106 Å². The van der Waals surface area contributed by atoms with Crippen molar-refractivity contribution >= 4 is 16.7 Å². The van der Waals surface area contributed by atoms with Crippen LogP contribution < -0.4 is 5.56 Å². The Morgan fingerprint density at radius 3 is 2.61 bits per heavy atom. The number of carbonyl (C=O) groups excluding carboxylic acids is 1. The van der Waals surface area contributed by atoms with Crippen molar-refractivity contribution in [1.82, 2.24) is 9.47 Å². The lowest BCUT2D eigenvalue weighted by molar-refractivity contribution is 0.0752. The van der Waals surface area contributed by atoms with Gasteiger partial charge in [-0.1, -0.05) is 48.5 Å². The van der Waals surface area contributed by atoms with Crippen LogP contribution in [-0.2, 0) is 13.1 Å². The summed E-state index contributed by atoms with van der Waals surface area (Å²) in [5.74, 6) is 0.636. The molecule has 5 nitrogen and oxygen atoms in total. The highest BCUT2D eigenvalue weighted by atomic mass is 16.4. The SMILES string of the molecule is CN(Cc1cccc2ccccc12)C(=O)c1ccc(Cn2ccccc2=O)o1. The zero-order valence-corrected chi connectivity index (χ0v) is 15.5. The highest BCUT2D eigenvalue weighted by Crippen LogP contribution is 2.20. The van der Waals surface area contributed by atoms with E-state index in [2.05, 4.69) is 18.2 Å². The molecule has 0 saturated carbocycles. The van der Waals surface area contributed by atoms with Gasteiger partial charge in [-0.05, 0) is 34.5 Å². The van der Waals surface area contributed by atoms with Gasteiger partial charge in [-0.3, -0.25) is 9.59 Å². The van der Waals surface area contributed by atoms with Crippen LogP contribution in [0.1, 0.15) is 21.9 Å². The first-order valence-electron chi connectivity index (χ1n) is 9.08. The van der Waals surface area contributed by atoms with E-state index in [1.807, 2.05) is 24.3 Å². The lowest BCUT2D eigenvalue weighted by Gasteiger charge is -2.17. The molecule has 0 aliphatic rings. The first-order chi connectivity index (χ1) is 13.6. The molecule has 0 radical (unpaired) electrons. The fourth-order valence-electron chi connectivity index (χ4n) is 3.28. The maximum absolute atomic E-state index is 12.8. The monoisotopic (exact) mass is 372 g/mol. The van der Waals surface area contributed by atoms with Crippen LogP contribution in [0.4, 0.5) is 0 Å². The van der Waals surface area contributed by atoms with E-state index in [1.54, 1.807) is 42.4 Å². The minimum absolute atomic E-state index is 0.111. The number of benzene rings is 2. The molecule has 0 saturated heterocycles. The Hall–Kier alpha value is -3.60. The second-order valence-corrected chi connectivity index (χ2v) is 6.73. The average molecular weight is 372 g/mol. The van der Waals surface area contributed by atoms with Gasteiger partial charge >= 0.3 is 0 Å².